The number of rotatable bonds is 5. The molecule has 0 bridgehead atoms. The van der Waals surface area contributed by atoms with Gasteiger partial charge in [-0.05, 0) is 81.8 Å². The molecule has 228 valence electrons. The lowest BCUT2D eigenvalue weighted by atomic mass is 9.64. The largest absolute Gasteiger partial charge is 0.457 e. The molecule has 45 heavy (non-hydrogen) atoms. The fraction of sp³-hybridized carbons (Fsp3) is 0.282. The molecule has 3 aromatic carbocycles. The average Bonchev–Trinajstić information content (AvgIpc) is 3.52. The fourth-order valence-electron chi connectivity index (χ4n) is 7.58. The van der Waals surface area contributed by atoms with Crippen LogP contribution in [0.4, 0.5) is 4.39 Å². The van der Waals surface area contributed by atoms with E-state index in [0.717, 1.165) is 33.2 Å². The molecule has 3 aromatic heterocycles. The van der Waals surface area contributed by atoms with Gasteiger partial charge in [-0.3, -0.25) is 4.57 Å². The van der Waals surface area contributed by atoms with E-state index in [0.29, 0.717) is 41.0 Å². The maximum absolute atomic E-state index is 14.3. The summed E-state index contributed by atoms with van der Waals surface area (Å²) >= 11 is 0. The highest BCUT2D eigenvalue weighted by molar-refractivity contribution is 6.09. The first kappa shape index (κ1) is 29.0. The lowest BCUT2D eigenvalue weighted by molar-refractivity contribution is 0.256. The van der Waals surface area contributed by atoms with Crippen LogP contribution in [0.15, 0.2) is 96.2 Å². The van der Waals surface area contributed by atoms with Crippen molar-refractivity contribution in [1.82, 2.24) is 19.3 Å². The normalized spacial score (nSPS) is 20.4. The van der Waals surface area contributed by atoms with Crippen LogP contribution in [-0.4, -0.2) is 19.3 Å². The predicted molar refractivity (Wildman–Crippen MR) is 180 cm³/mol. The van der Waals surface area contributed by atoms with Crippen molar-refractivity contribution >= 4 is 21.8 Å². The number of benzene rings is 3. The third-order valence-electron chi connectivity index (χ3n) is 10.5. The highest BCUT2D eigenvalue weighted by Crippen LogP contribution is 2.48. The number of ether oxygens (including phenoxy) is 1. The lowest BCUT2D eigenvalue weighted by Crippen LogP contribution is -2.30. The average molecular weight is 599 g/mol. The van der Waals surface area contributed by atoms with Gasteiger partial charge in [-0.25, -0.2) is 14.1 Å². The van der Waals surface area contributed by atoms with Gasteiger partial charge in [0.2, 0.25) is 0 Å². The van der Waals surface area contributed by atoms with Crippen LogP contribution in [0.5, 0.6) is 11.5 Å². The molecule has 0 aliphatic heterocycles. The molecule has 0 spiro atoms. The number of pyridine rings is 1. The lowest BCUT2D eigenvalue weighted by Gasteiger charge is -2.40. The maximum atomic E-state index is 14.3. The van der Waals surface area contributed by atoms with E-state index in [4.69, 9.17) is 9.84 Å². The maximum Gasteiger partial charge on any atom is 0.140 e. The van der Waals surface area contributed by atoms with Crippen LogP contribution < -0.4 is 4.74 Å². The summed E-state index contributed by atoms with van der Waals surface area (Å²) in [5, 5.41) is 7.18. The summed E-state index contributed by atoms with van der Waals surface area (Å²) in [6.07, 6.45) is 1.50. The SMILES string of the molecule is CC1=C(C)[C@@H](c2c(C)nn(-c3cccc(Oc4ccc5c6ccccc6n(-c6cc(F)ccn6)c5c4)c3)c2C)[C@@H](C)[C@@H](C)C1C. The Hall–Kier alpha value is -4.71. The van der Waals surface area contributed by atoms with E-state index in [1.807, 2.05) is 53.1 Å². The van der Waals surface area contributed by atoms with Gasteiger partial charge in [-0.2, -0.15) is 5.10 Å². The second kappa shape index (κ2) is 11.0. The molecule has 0 saturated heterocycles. The van der Waals surface area contributed by atoms with Crippen LogP contribution in [0.2, 0.25) is 0 Å². The van der Waals surface area contributed by atoms with E-state index in [1.54, 1.807) is 0 Å². The number of hydrogen-bond donors (Lipinski definition) is 0. The minimum Gasteiger partial charge on any atom is -0.457 e. The van der Waals surface area contributed by atoms with Gasteiger partial charge >= 0.3 is 0 Å². The molecule has 5 nitrogen and oxygen atoms in total. The Bertz CT molecular complexity index is 2120. The Labute approximate surface area is 264 Å². The number of aromatic nitrogens is 4. The summed E-state index contributed by atoms with van der Waals surface area (Å²) in [5.74, 6) is 3.67. The Balaban J connectivity index is 1.26. The molecular weight excluding hydrogens is 559 g/mol. The molecule has 0 saturated carbocycles. The molecule has 6 heteroatoms. The summed E-state index contributed by atoms with van der Waals surface area (Å²) in [6.45, 7) is 16.1. The first-order valence-corrected chi connectivity index (χ1v) is 15.8. The molecule has 0 radical (unpaired) electrons. The van der Waals surface area contributed by atoms with Crippen LogP contribution in [0.3, 0.4) is 0 Å². The predicted octanol–water partition coefficient (Wildman–Crippen LogP) is 10.3. The van der Waals surface area contributed by atoms with E-state index in [9.17, 15) is 4.39 Å². The fourth-order valence-corrected chi connectivity index (χ4v) is 7.58. The van der Waals surface area contributed by atoms with E-state index in [2.05, 4.69) is 76.3 Å². The minimum absolute atomic E-state index is 0.328. The van der Waals surface area contributed by atoms with E-state index < -0.39 is 0 Å². The number of aryl methyl sites for hydroxylation is 1. The highest BCUT2D eigenvalue weighted by atomic mass is 19.1. The van der Waals surface area contributed by atoms with Crippen LogP contribution in [0.25, 0.3) is 33.3 Å². The molecule has 0 amide bonds. The van der Waals surface area contributed by atoms with Crippen molar-refractivity contribution in [2.75, 3.05) is 0 Å². The van der Waals surface area contributed by atoms with Gasteiger partial charge in [-0.15, -0.1) is 0 Å². The molecule has 1 unspecified atom stereocenters. The molecule has 1 aliphatic carbocycles. The number of nitrogens with zero attached hydrogens (tertiary/aromatic N) is 4. The van der Waals surface area contributed by atoms with Gasteiger partial charge in [0.1, 0.15) is 23.1 Å². The van der Waals surface area contributed by atoms with Crippen molar-refractivity contribution in [3.8, 4) is 23.0 Å². The summed E-state index contributed by atoms with van der Waals surface area (Å²) < 4.78 is 24.8. The number of allylic oxidation sites excluding steroid dienone is 2. The number of halogens is 1. The summed E-state index contributed by atoms with van der Waals surface area (Å²) in [7, 11) is 0. The molecule has 7 rings (SSSR count). The van der Waals surface area contributed by atoms with Gasteiger partial charge in [0, 0.05) is 52.3 Å². The van der Waals surface area contributed by atoms with Gasteiger partial charge < -0.3 is 4.74 Å². The van der Waals surface area contributed by atoms with Crippen molar-refractivity contribution in [2.45, 2.75) is 54.4 Å². The van der Waals surface area contributed by atoms with Gasteiger partial charge in [0.05, 0.1) is 22.4 Å². The Kier molecular flexibility index (Phi) is 7.11. The second-order valence-corrected chi connectivity index (χ2v) is 12.8. The van der Waals surface area contributed by atoms with Gasteiger partial charge in [-0.1, -0.05) is 56.2 Å². The quantitative estimate of drug-likeness (QED) is 0.186. The molecule has 1 aliphatic rings. The highest BCUT2D eigenvalue weighted by Gasteiger charge is 2.38. The monoisotopic (exact) mass is 598 g/mol. The Morgan fingerprint density at radius 1 is 0.733 bits per heavy atom. The van der Waals surface area contributed by atoms with Gasteiger partial charge in [0.25, 0.3) is 0 Å². The van der Waals surface area contributed by atoms with Crippen LogP contribution >= 0.6 is 0 Å². The molecule has 4 atom stereocenters. The van der Waals surface area contributed by atoms with E-state index in [1.165, 1.54) is 40.7 Å². The van der Waals surface area contributed by atoms with Crippen molar-refractivity contribution in [3.63, 3.8) is 0 Å². The first-order chi connectivity index (χ1) is 21.6. The zero-order valence-corrected chi connectivity index (χ0v) is 27.0. The van der Waals surface area contributed by atoms with Crippen LogP contribution in [0, 0.1) is 37.4 Å². The molecule has 0 N–H and O–H groups in total. The van der Waals surface area contributed by atoms with E-state index >= 15 is 0 Å². The Morgan fingerprint density at radius 3 is 2.29 bits per heavy atom. The summed E-state index contributed by atoms with van der Waals surface area (Å²) in [4.78, 5) is 4.48. The van der Waals surface area contributed by atoms with E-state index in [-0.39, 0.29) is 5.82 Å². The van der Waals surface area contributed by atoms with Crippen molar-refractivity contribution in [3.05, 3.63) is 119 Å². The third-order valence-corrected chi connectivity index (χ3v) is 10.5. The summed E-state index contributed by atoms with van der Waals surface area (Å²) in [6, 6.07) is 25.1. The van der Waals surface area contributed by atoms with Crippen LogP contribution in [-0.2, 0) is 0 Å². The number of hydrogen-bond acceptors (Lipinski definition) is 3. The third kappa shape index (κ3) is 4.75. The van der Waals surface area contributed by atoms with Crippen LogP contribution in [0.1, 0.15) is 57.5 Å². The first-order valence-electron chi connectivity index (χ1n) is 15.8. The molecular formula is C39H39FN4O. The number of para-hydroxylation sites is 1. The van der Waals surface area contributed by atoms with Crippen molar-refractivity contribution < 1.29 is 9.13 Å². The number of fused-ring (bicyclic) bond motifs is 3. The topological polar surface area (TPSA) is 44.9 Å². The zero-order valence-electron chi connectivity index (χ0n) is 27.0. The molecule has 3 heterocycles. The standard InChI is InChI=1S/C39H39FN4O/c1-22-23(2)25(4)38(26(5)24(22)3)39-27(6)42-44(28(39)7)30-11-10-12-31(20-30)45-32-15-16-34-33-13-8-9-14-35(33)43(36(34)21-32)37-19-29(40)17-18-41-37/h8-23,25,38H,1-7H3/t22?,23-,25-,38-/m0/s1. The molecule has 6 aromatic rings. The molecule has 0 fully saturated rings. The smallest absolute Gasteiger partial charge is 0.140 e. The second-order valence-electron chi connectivity index (χ2n) is 12.8. The van der Waals surface area contributed by atoms with Gasteiger partial charge in [0.15, 0.2) is 0 Å². The van der Waals surface area contributed by atoms with Crippen molar-refractivity contribution in [1.29, 1.82) is 0 Å². The minimum atomic E-state index is -0.328. The Morgan fingerprint density at radius 2 is 1.49 bits per heavy atom. The summed E-state index contributed by atoms with van der Waals surface area (Å²) in [5.41, 5.74) is 9.40. The van der Waals surface area contributed by atoms with Crippen molar-refractivity contribution in [2.24, 2.45) is 17.8 Å². The zero-order chi connectivity index (χ0) is 31.6.